The van der Waals surface area contributed by atoms with Crippen LogP contribution in [0.15, 0.2) is 53.8 Å². The van der Waals surface area contributed by atoms with Gasteiger partial charge in [0.2, 0.25) is 0 Å². The van der Waals surface area contributed by atoms with Gasteiger partial charge in [-0.2, -0.15) is 0 Å². The Morgan fingerprint density at radius 1 is 0.971 bits per heavy atom. The summed E-state index contributed by atoms with van der Waals surface area (Å²) in [6.45, 7) is 1.71. The average molecular weight is 462 g/mol. The molecule has 0 aliphatic heterocycles. The molecule has 2 rings (SSSR count). The molecule has 34 heavy (non-hydrogen) atoms. The number of terminal acetylenes is 1. The van der Waals surface area contributed by atoms with Crippen molar-refractivity contribution in [3.8, 4) is 71.5 Å². The third-order valence-electron chi connectivity index (χ3n) is 2.99. The SMILES string of the molecule is C#CC#CC#CC#CC#CC#CC.F.NN=O.Nc1cc(F)ccc1NC(=O)c1ccccc1.[HH].[HH].[HH]. The van der Waals surface area contributed by atoms with Crippen molar-refractivity contribution < 1.29 is 18.2 Å². The molecule has 5 N–H and O–H groups in total. The molecule has 0 saturated heterocycles. The number of hydrogen-bond donors (Lipinski definition) is 3. The van der Waals surface area contributed by atoms with E-state index in [1.807, 2.05) is 6.07 Å². The van der Waals surface area contributed by atoms with Gasteiger partial charge in [-0.05, 0) is 96.5 Å². The van der Waals surface area contributed by atoms with Gasteiger partial charge in [0.1, 0.15) is 5.82 Å². The summed E-state index contributed by atoms with van der Waals surface area (Å²) >= 11 is 0. The van der Waals surface area contributed by atoms with Crippen LogP contribution in [-0.4, -0.2) is 5.91 Å². The Bertz CT molecular complexity index is 1320. The Kier molecular flexibility index (Phi) is 18.5. The standard InChI is InChI=1S/C13H11FN2O.C13H4.FH.H2N2O.3H2/c14-10-6-7-12(11(15)8-10)16-13(17)9-4-2-1-3-5-9;1-3-5-7-9-11-13-12-10-8-6-4-2;;1-2-3;;;/h1-8H,15H2,(H,16,17);1H,2H3;1H;(H2,1,3);3*1H. The second-order valence-corrected chi connectivity index (χ2v) is 5.18. The summed E-state index contributed by atoms with van der Waals surface area (Å²) in [6, 6.07) is 12.6. The Labute approximate surface area is 201 Å². The van der Waals surface area contributed by atoms with E-state index in [4.69, 9.17) is 17.1 Å². The zero-order chi connectivity index (χ0) is 24.7. The minimum Gasteiger partial charge on any atom is -0.397 e. The van der Waals surface area contributed by atoms with Gasteiger partial charge >= 0.3 is 0 Å². The van der Waals surface area contributed by atoms with E-state index in [-0.39, 0.29) is 20.6 Å². The number of nitrogen functional groups attached to an aromatic ring is 1. The molecule has 0 spiro atoms. The normalized spacial score (nSPS) is 6.74. The lowest BCUT2D eigenvalue weighted by Crippen LogP contribution is -2.13. The smallest absolute Gasteiger partial charge is 0.255 e. The predicted molar refractivity (Wildman–Crippen MR) is 137 cm³/mol. The molecule has 0 aliphatic carbocycles. The van der Waals surface area contributed by atoms with Crippen LogP contribution in [0.2, 0.25) is 0 Å². The first-order valence-electron chi connectivity index (χ1n) is 8.81. The third-order valence-corrected chi connectivity index (χ3v) is 2.99. The van der Waals surface area contributed by atoms with Gasteiger partial charge < -0.3 is 11.1 Å². The van der Waals surface area contributed by atoms with E-state index < -0.39 is 5.82 Å². The monoisotopic (exact) mass is 462 g/mol. The largest absolute Gasteiger partial charge is 0.397 e. The number of carbonyl (C=O) groups excluding carboxylic acids is 1. The van der Waals surface area contributed by atoms with Crippen LogP contribution >= 0.6 is 0 Å². The van der Waals surface area contributed by atoms with Gasteiger partial charge in [0.05, 0.1) is 11.4 Å². The minimum absolute atomic E-state index is 0. The van der Waals surface area contributed by atoms with Crippen LogP contribution in [0.4, 0.5) is 20.5 Å². The number of nitrogens with two attached hydrogens (primary N) is 2. The maximum Gasteiger partial charge on any atom is 0.255 e. The van der Waals surface area contributed by atoms with E-state index in [0.717, 1.165) is 0 Å². The maximum atomic E-state index is 12.8. The highest BCUT2D eigenvalue weighted by Gasteiger charge is 2.07. The van der Waals surface area contributed by atoms with Crippen LogP contribution in [-0.2, 0) is 0 Å². The molecule has 0 aromatic heterocycles. The van der Waals surface area contributed by atoms with E-state index in [1.165, 1.54) is 18.2 Å². The second kappa shape index (κ2) is 20.6. The molecule has 2 aromatic rings. The van der Waals surface area contributed by atoms with Crippen molar-refractivity contribution in [3.63, 3.8) is 0 Å². The molecule has 0 bridgehead atoms. The number of carbonyl (C=O) groups is 1. The van der Waals surface area contributed by atoms with Crippen molar-refractivity contribution in [1.82, 2.24) is 0 Å². The number of nitroso groups, excluding NO2 is 1. The molecule has 0 fully saturated rings. The molecule has 0 saturated carbocycles. The van der Waals surface area contributed by atoms with Gasteiger partial charge in [0, 0.05) is 15.1 Å². The third kappa shape index (κ3) is 15.2. The van der Waals surface area contributed by atoms with E-state index >= 15 is 0 Å². The van der Waals surface area contributed by atoms with E-state index in [2.05, 4.69) is 76.3 Å². The Balaban J connectivity index is -0.000000156. The van der Waals surface area contributed by atoms with Gasteiger partial charge in [-0.1, -0.05) is 24.1 Å². The number of hydrogen-bond acceptors (Lipinski definition) is 4. The fraction of sp³-hybridized carbons (Fsp3) is 0.0385. The van der Waals surface area contributed by atoms with Crippen molar-refractivity contribution in [2.45, 2.75) is 6.92 Å². The van der Waals surface area contributed by atoms with Crippen LogP contribution < -0.4 is 16.9 Å². The van der Waals surface area contributed by atoms with E-state index in [9.17, 15) is 9.18 Å². The first-order chi connectivity index (χ1) is 16.0. The zero-order valence-corrected chi connectivity index (χ0v) is 17.9. The van der Waals surface area contributed by atoms with Gasteiger partial charge in [-0.25, -0.2) is 4.39 Å². The number of rotatable bonds is 2. The fourth-order valence-corrected chi connectivity index (χ4v) is 1.75. The van der Waals surface area contributed by atoms with E-state index in [0.29, 0.717) is 11.3 Å². The van der Waals surface area contributed by atoms with Crippen molar-refractivity contribution in [2.24, 2.45) is 11.1 Å². The average Bonchev–Trinajstić information content (AvgIpc) is 2.81. The van der Waals surface area contributed by atoms with Gasteiger partial charge in [-0.3, -0.25) is 15.3 Å². The first kappa shape index (κ1) is 30.5. The number of anilines is 2. The molecular formula is C26H24F2N4O2. The topological polar surface area (TPSA) is 111 Å². The first-order valence-corrected chi connectivity index (χ1v) is 8.81. The molecule has 1 amide bonds. The summed E-state index contributed by atoms with van der Waals surface area (Å²) in [5.74, 6) is 30.1. The molecule has 0 radical (unpaired) electrons. The summed E-state index contributed by atoms with van der Waals surface area (Å²) in [5, 5.41) is 4.37. The molecule has 6 nitrogen and oxygen atoms in total. The number of nitrogens with zero attached hydrogens (tertiary/aromatic N) is 1. The Hall–Kier alpha value is -5.67. The highest BCUT2D eigenvalue weighted by molar-refractivity contribution is 6.05. The van der Waals surface area contributed by atoms with Crippen LogP contribution in [0.25, 0.3) is 0 Å². The lowest BCUT2D eigenvalue weighted by atomic mass is 10.2. The second-order valence-electron chi connectivity index (χ2n) is 5.18. The van der Waals surface area contributed by atoms with Gasteiger partial charge in [0.25, 0.3) is 5.91 Å². The number of benzene rings is 2. The van der Waals surface area contributed by atoms with Crippen LogP contribution in [0, 0.1) is 82.3 Å². The summed E-state index contributed by atoms with van der Waals surface area (Å²) in [5.41, 5.74) is 6.72. The minimum atomic E-state index is -0.430. The van der Waals surface area contributed by atoms with Gasteiger partial charge in [0.15, 0.2) is 0 Å². The fourth-order valence-electron chi connectivity index (χ4n) is 1.75. The zero-order valence-electron chi connectivity index (χ0n) is 17.9. The van der Waals surface area contributed by atoms with Crippen molar-refractivity contribution in [1.29, 1.82) is 0 Å². The highest BCUT2D eigenvalue weighted by Crippen LogP contribution is 2.19. The molecule has 2 aromatic carbocycles. The quantitative estimate of drug-likeness (QED) is 0.207. The predicted octanol–water partition coefficient (Wildman–Crippen LogP) is 3.83. The number of amides is 1. The Morgan fingerprint density at radius 2 is 1.47 bits per heavy atom. The molecule has 0 aliphatic rings. The molecule has 0 atom stereocenters. The van der Waals surface area contributed by atoms with Crippen molar-refractivity contribution in [2.75, 3.05) is 11.1 Å². The summed E-state index contributed by atoms with van der Waals surface area (Å²) in [4.78, 5) is 20.1. The molecule has 174 valence electrons. The van der Waals surface area contributed by atoms with Crippen molar-refractivity contribution >= 4 is 17.3 Å². The maximum absolute atomic E-state index is 12.8. The molecular weight excluding hydrogens is 438 g/mol. The van der Waals surface area contributed by atoms with Crippen LogP contribution in [0.3, 0.4) is 0 Å². The lowest BCUT2D eigenvalue weighted by Gasteiger charge is -2.07. The molecule has 0 unspecified atom stereocenters. The van der Waals surface area contributed by atoms with Crippen LogP contribution in [0.5, 0.6) is 0 Å². The van der Waals surface area contributed by atoms with Crippen LogP contribution in [0.1, 0.15) is 21.6 Å². The molecule has 8 heteroatoms. The van der Waals surface area contributed by atoms with Crippen molar-refractivity contribution in [3.05, 3.63) is 64.8 Å². The number of halogens is 2. The summed E-state index contributed by atoms with van der Waals surface area (Å²) in [6.07, 6.45) is 4.86. The molecule has 0 heterocycles. The van der Waals surface area contributed by atoms with Gasteiger partial charge in [-0.15, -0.1) is 11.3 Å². The summed E-state index contributed by atoms with van der Waals surface area (Å²) < 4.78 is 12.8. The summed E-state index contributed by atoms with van der Waals surface area (Å²) in [7, 11) is 0. The highest BCUT2D eigenvalue weighted by atomic mass is 19.1. The lowest BCUT2D eigenvalue weighted by molar-refractivity contribution is 0.102. The number of nitrogens with one attached hydrogen (secondary N) is 1. The van der Waals surface area contributed by atoms with E-state index in [1.54, 1.807) is 36.5 Å². The Morgan fingerprint density at radius 3 is 1.94 bits per heavy atom.